The molecule has 1 fully saturated rings. The molecule has 146 valence electrons. The summed E-state index contributed by atoms with van der Waals surface area (Å²) >= 11 is 0. The average molecular weight is 399 g/mol. The zero-order valence-corrected chi connectivity index (χ0v) is 16.6. The largest absolute Gasteiger partial charge is 0.379 e. The van der Waals surface area contributed by atoms with Crippen LogP contribution in [0, 0.1) is 6.92 Å². The van der Waals surface area contributed by atoms with Crippen LogP contribution in [0.1, 0.15) is 5.56 Å². The Kier molecular flexibility index (Phi) is 4.78. The lowest BCUT2D eigenvalue weighted by Crippen LogP contribution is -2.40. The fourth-order valence-electron chi connectivity index (χ4n) is 3.46. The molecule has 0 radical (unpaired) electrons. The number of benzene rings is 2. The van der Waals surface area contributed by atoms with E-state index in [-0.39, 0.29) is 10.5 Å². The van der Waals surface area contributed by atoms with Crippen molar-refractivity contribution in [1.82, 2.24) is 14.1 Å². The monoisotopic (exact) mass is 399 g/mol. The number of sulfonamides is 1. The highest BCUT2D eigenvalue weighted by atomic mass is 32.2. The van der Waals surface area contributed by atoms with Crippen LogP contribution in [-0.2, 0) is 21.8 Å². The van der Waals surface area contributed by atoms with Crippen molar-refractivity contribution >= 4 is 20.8 Å². The summed E-state index contributed by atoms with van der Waals surface area (Å²) in [5, 5.41) is 5.66. The summed E-state index contributed by atoms with van der Waals surface area (Å²) in [6, 6.07) is 12.5. The minimum absolute atomic E-state index is 0.187. The molecule has 0 N–H and O–H groups in total. The van der Waals surface area contributed by atoms with Crippen molar-refractivity contribution in [3.63, 3.8) is 0 Å². The first-order valence-corrected chi connectivity index (χ1v) is 10.5. The van der Waals surface area contributed by atoms with Crippen LogP contribution >= 0.6 is 0 Å². The SMILES string of the molecule is Cc1ccc(-c2nn(C)c(=O)c3ccccc23)cc1S(=O)(=O)N1CCOCC1. The maximum atomic E-state index is 13.2. The number of fused-ring (bicyclic) bond motifs is 1. The Morgan fingerprint density at radius 2 is 1.71 bits per heavy atom. The van der Waals surface area contributed by atoms with Gasteiger partial charge in [-0.15, -0.1) is 0 Å². The summed E-state index contributed by atoms with van der Waals surface area (Å²) < 4.78 is 34.4. The molecule has 7 nitrogen and oxygen atoms in total. The van der Waals surface area contributed by atoms with Crippen molar-refractivity contribution in [3.05, 3.63) is 58.4 Å². The van der Waals surface area contributed by atoms with Crippen molar-refractivity contribution in [2.75, 3.05) is 26.3 Å². The van der Waals surface area contributed by atoms with E-state index in [4.69, 9.17) is 4.74 Å². The van der Waals surface area contributed by atoms with Gasteiger partial charge in [0.2, 0.25) is 10.0 Å². The molecule has 0 saturated carbocycles. The number of hydrogen-bond acceptors (Lipinski definition) is 5. The van der Waals surface area contributed by atoms with E-state index in [9.17, 15) is 13.2 Å². The lowest BCUT2D eigenvalue weighted by Gasteiger charge is -2.26. The van der Waals surface area contributed by atoms with Crippen molar-refractivity contribution in [3.8, 4) is 11.3 Å². The number of morpholine rings is 1. The van der Waals surface area contributed by atoms with Crippen molar-refractivity contribution in [1.29, 1.82) is 0 Å². The van der Waals surface area contributed by atoms with Crippen LogP contribution in [0.4, 0.5) is 0 Å². The smallest absolute Gasteiger partial charge is 0.274 e. The van der Waals surface area contributed by atoms with E-state index in [1.807, 2.05) is 18.2 Å². The zero-order valence-electron chi connectivity index (χ0n) is 15.8. The van der Waals surface area contributed by atoms with Gasteiger partial charge in [-0.1, -0.05) is 30.3 Å². The molecule has 1 saturated heterocycles. The van der Waals surface area contributed by atoms with Crippen molar-refractivity contribution < 1.29 is 13.2 Å². The van der Waals surface area contributed by atoms with E-state index in [0.29, 0.717) is 53.9 Å². The van der Waals surface area contributed by atoms with Crippen LogP contribution in [0.2, 0.25) is 0 Å². The van der Waals surface area contributed by atoms with E-state index in [0.717, 1.165) is 0 Å². The van der Waals surface area contributed by atoms with Crippen LogP contribution < -0.4 is 5.56 Å². The van der Waals surface area contributed by atoms with Gasteiger partial charge in [-0.2, -0.15) is 9.40 Å². The van der Waals surface area contributed by atoms with Crippen molar-refractivity contribution in [2.45, 2.75) is 11.8 Å². The van der Waals surface area contributed by atoms with E-state index in [1.54, 1.807) is 38.2 Å². The highest BCUT2D eigenvalue weighted by Gasteiger charge is 2.28. The Bertz CT molecular complexity index is 1210. The van der Waals surface area contributed by atoms with Gasteiger partial charge in [0.05, 0.1) is 29.2 Å². The van der Waals surface area contributed by atoms with Gasteiger partial charge in [-0.25, -0.2) is 13.1 Å². The molecule has 28 heavy (non-hydrogen) atoms. The van der Waals surface area contributed by atoms with E-state index in [1.165, 1.54) is 8.99 Å². The van der Waals surface area contributed by atoms with Gasteiger partial charge in [-0.3, -0.25) is 4.79 Å². The first-order valence-electron chi connectivity index (χ1n) is 9.04. The van der Waals surface area contributed by atoms with Gasteiger partial charge in [0, 0.05) is 31.1 Å². The molecule has 0 bridgehead atoms. The normalized spacial score (nSPS) is 15.8. The quantitative estimate of drug-likeness (QED) is 0.672. The third kappa shape index (κ3) is 3.13. The molecule has 1 aliphatic rings. The fraction of sp³-hybridized carbons (Fsp3) is 0.300. The Morgan fingerprint density at radius 1 is 1.04 bits per heavy atom. The van der Waals surface area contributed by atoms with Crippen LogP contribution in [0.5, 0.6) is 0 Å². The summed E-state index contributed by atoms with van der Waals surface area (Å²) in [7, 11) is -2.04. The molecule has 0 atom stereocenters. The third-order valence-electron chi connectivity index (χ3n) is 5.01. The van der Waals surface area contributed by atoms with Crippen LogP contribution in [0.3, 0.4) is 0 Å². The summed E-state index contributed by atoms with van der Waals surface area (Å²) in [6.45, 7) is 3.25. The first kappa shape index (κ1) is 18.8. The molecule has 1 aliphatic heterocycles. The zero-order chi connectivity index (χ0) is 19.9. The average Bonchev–Trinajstić information content (AvgIpc) is 2.72. The van der Waals surface area contributed by atoms with Crippen LogP contribution in [0.25, 0.3) is 22.0 Å². The predicted octanol–water partition coefficient (Wildman–Crippen LogP) is 1.93. The second kappa shape index (κ2) is 7.12. The first-order chi connectivity index (χ1) is 13.4. The summed E-state index contributed by atoms with van der Waals surface area (Å²) in [4.78, 5) is 12.6. The second-order valence-electron chi connectivity index (χ2n) is 6.82. The van der Waals surface area contributed by atoms with Crippen molar-refractivity contribution in [2.24, 2.45) is 7.05 Å². The van der Waals surface area contributed by atoms with Gasteiger partial charge < -0.3 is 4.74 Å². The summed E-state index contributed by atoms with van der Waals surface area (Å²) in [5.41, 5.74) is 1.72. The Labute approximate surface area is 163 Å². The Morgan fingerprint density at radius 3 is 2.43 bits per heavy atom. The molecule has 2 heterocycles. The van der Waals surface area contributed by atoms with Gasteiger partial charge >= 0.3 is 0 Å². The van der Waals surface area contributed by atoms with E-state index >= 15 is 0 Å². The third-order valence-corrected chi connectivity index (χ3v) is 7.05. The Hall–Kier alpha value is -2.55. The standard InChI is InChI=1S/C20H21N3O4S/c1-14-7-8-15(13-18(14)28(25,26)23-9-11-27-12-10-23)19-16-5-3-4-6-17(16)20(24)22(2)21-19/h3-8,13H,9-12H2,1-2H3. The topological polar surface area (TPSA) is 81.5 Å². The predicted molar refractivity (Wildman–Crippen MR) is 107 cm³/mol. The number of rotatable bonds is 3. The Balaban J connectivity index is 1.90. The number of hydrogen-bond donors (Lipinski definition) is 0. The van der Waals surface area contributed by atoms with Crippen LogP contribution in [0.15, 0.2) is 52.2 Å². The second-order valence-corrected chi connectivity index (χ2v) is 8.73. The lowest BCUT2D eigenvalue weighted by atomic mass is 10.0. The maximum Gasteiger partial charge on any atom is 0.274 e. The molecule has 8 heteroatoms. The van der Waals surface area contributed by atoms with Gasteiger partial charge in [0.25, 0.3) is 5.56 Å². The number of ether oxygens (including phenoxy) is 1. The number of nitrogens with zero attached hydrogens (tertiary/aromatic N) is 3. The van der Waals surface area contributed by atoms with Gasteiger partial charge in [0.15, 0.2) is 0 Å². The highest BCUT2D eigenvalue weighted by Crippen LogP contribution is 2.29. The number of aryl methyl sites for hydroxylation is 2. The van der Waals surface area contributed by atoms with Gasteiger partial charge in [0.1, 0.15) is 0 Å². The van der Waals surface area contributed by atoms with Gasteiger partial charge in [-0.05, 0) is 24.6 Å². The minimum atomic E-state index is -3.64. The maximum absolute atomic E-state index is 13.2. The summed E-state index contributed by atoms with van der Waals surface area (Å²) in [6.07, 6.45) is 0. The lowest BCUT2D eigenvalue weighted by molar-refractivity contribution is 0.0730. The molecule has 0 spiro atoms. The molecular weight excluding hydrogens is 378 g/mol. The molecule has 3 aromatic rings. The molecule has 1 aromatic heterocycles. The number of aromatic nitrogens is 2. The highest BCUT2D eigenvalue weighted by molar-refractivity contribution is 7.89. The van der Waals surface area contributed by atoms with E-state index < -0.39 is 10.0 Å². The molecule has 4 rings (SSSR count). The summed E-state index contributed by atoms with van der Waals surface area (Å²) in [5.74, 6) is 0. The minimum Gasteiger partial charge on any atom is -0.379 e. The molecule has 0 amide bonds. The molecule has 0 unspecified atom stereocenters. The molecular formula is C20H21N3O4S. The molecule has 0 aliphatic carbocycles. The fourth-order valence-corrected chi connectivity index (χ4v) is 5.12. The van der Waals surface area contributed by atoms with Crippen LogP contribution in [-0.4, -0.2) is 48.8 Å². The molecule has 2 aromatic carbocycles. The van der Waals surface area contributed by atoms with E-state index in [2.05, 4.69) is 5.10 Å².